The molecule has 0 spiro atoms. The normalized spacial score (nSPS) is 13.7. The number of rotatable bonds is 6. The number of aryl methyl sites for hydroxylation is 1. The van der Waals surface area contributed by atoms with Crippen molar-refractivity contribution in [1.82, 2.24) is 0 Å². The molecule has 0 radical (unpaired) electrons. The lowest BCUT2D eigenvalue weighted by molar-refractivity contribution is 0.207. The van der Waals surface area contributed by atoms with Gasteiger partial charge < -0.3 is 10.4 Å². The second kappa shape index (κ2) is 6.72. The van der Waals surface area contributed by atoms with Crippen LogP contribution in [-0.4, -0.2) is 11.7 Å². The monoisotopic (exact) mass is 287 g/mol. The number of hydrogen-bond acceptors (Lipinski definition) is 2. The molecule has 0 aliphatic heterocycles. The number of nitrogens with one attached hydrogen (secondary N) is 1. The Morgan fingerprint density at radius 2 is 1.71 bits per heavy atom. The Balaban J connectivity index is 2.37. The van der Waals surface area contributed by atoms with Gasteiger partial charge >= 0.3 is 0 Å². The number of aliphatic hydroxyl groups is 1. The van der Waals surface area contributed by atoms with Gasteiger partial charge in [-0.2, -0.15) is 0 Å². The van der Waals surface area contributed by atoms with E-state index in [4.69, 9.17) is 0 Å². The fourth-order valence-electron chi connectivity index (χ4n) is 2.49. The zero-order chi connectivity index (χ0) is 15.3. The van der Waals surface area contributed by atoms with Gasteiger partial charge in [-0.15, -0.1) is 0 Å². The lowest BCUT2D eigenvalue weighted by Crippen LogP contribution is -2.38. The Kier molecular flexibility index (Phi) is 4.97. The maximum atomic E-state index is 13.9. The van der Waals surface area contributed by atoms with Crippen molar-refractivity contribution in [3.05, 3.63) is 65.5 Å². The summed E-state index contributed by atoms with van der Waals surface area (Å²) in [7, 11) is 0. The second-order valence-corrected chi connectivity index (χ2v) is 5.25. The molecule has 0 bridgehead atoms. The molecular formula is C18H22FNO. The molecule has 0 aliphatic carbocycles. The largest absolute Gasteiger partial charge is 0.394 e. The number of para-hydroxylation sites is 1. The zero-order valence-electron chi connectivity index (χ0n) is 12.6. The van der Waals surface area contributed by atoms with Crippen molar-refractivity contribution in [3.8, 4) is 0 Å². The Morgan fingerprint density at radius 3 is 2.24 bits per heavy atom. The summed E-state index contributed by atoms with van der Waals surface area (Å²) in [6, 6.07) is 14.7. The van der Waals surface area contributed by atoms with E-state index >= 15 is 0 Å². The summed E-state index contributed by atoms with van der Waals surface area (Å²) >= 11 is 0. The number of anilines is 1. The van der Waals surface area contributed by atoms with E-state index in [1.807, 2.05) is 19.1 Å². The van der Waals surface area contributed by atoms with Crippen molar-refractivity contribution in [1.29, 1.82) is 0 Å². The lowest BCUT2D eigenvalue weighted by atomic mass is 9.87. The molecule has 112 valence electrons. The highest BCUT2D eigenvalue weighted by Crippen LogP contribution is 2.30. The predicted molar refractivity (Wildman–Crippen MR) is 84.9 cm³/mol. The number of hydrogen-bond donors (Lipinski definition) is 2. The highest BCUT2D eigenvalue weighted by atomic mass is 19.1. The molecule has 3 heteroatoms. The first-order valence-corrected chi connectivity index (χ1v) is 7.38. The molecule has 2 aromatic carbocycles. The van der Waals surface area contributed by atoms with Gasteiger partial charge in [-0.3, -0.25) is 0 Å². The van der Waals surface area contributed by atoms with E-state index in [1.54, 1.807) is 18.2 Å². The molecule has 1 unspecified atom stereocenters. The van der Waals surface area contributed by atoms with E-state index in [0.29, 0.717) is 12.1 Å². The fraction of sp³-hybridized carbons (Fsp3) is 0.333. The molecule has 2 aromatic rings. The van der Waals surface area contributed by atoms with Gasteiger partial charge in [0.05, 0.1) is 17.8 Å². The number of halogens is 1. The summed E-state index contributed by atoms with van der Waals surface area (Å²) in [5.74, 6) is -0.311. The van der Waals surface area contributed by atoms with Crippen LogP contribution in [0.1, 0.15) is 31.4 Å². The summed E-state index contributed by atoms with van der Waals surface area (Å²) in [6.07, 6.45) is 1.63. The topological polar surface area (TPSA) is 32.3 Å². The van der Waals surface area contributed by atoms with E-state index in [9.17, 15) is 9.50 Å². The molecule has 0 aromatic heterocycles. The van der Waals surface area contributed by atoms with E-state index in [-0.39, 0.29) is 12.4 Å². The van der Waals surface area contributed by atoms with Gasteiger partial charge in [-0.05, 0) is 36.1 Å². The molecule has 2 rings (SSSR count). The van der Waals surface area contributed by atoms with Crippen LogP contribution in [-0.2, 0) is 12.0 Å². The van der Waals surface area contributed by atoms with Crippen molar-refractivity contribution in [2.75, 3.05) is 11.9 Å². The van der Waals surface area contributed by atoms with Crippen molar-refractivity contribution in [2.45, 2.75) is 32.2 Å². The fourth-order valence-corrected chi connectivity index (χ4v) is 2.49. The average Bonchev–Trinajstić information content (AvgIpc) is 2.55. The van der Waals surface area contributed by atoms with Crippen molar-refractivity contribution in [3.63, 3.8) is 0 Å². The smallest absolute Gasteiger partial charge is 0.146 e. The SMILES string of the molecule is CCc1ccc(C(CC)(CO)Nc2ccccc2F)cc1. The van der Waals surface area contributed by atoms with Crippen LogP contribution >= 0.6 is 0 Å². The molecule has 0 saturated heterocycles. The van der Waals surface area contributed by atoms with Gasteiger partial charge in [0.15, 0.2) is 0 Å². The van der Waals surface area contributed by atoms with Crippen LogP contribution < -0.4 is 5.32 Å². The van der Waals surface area contributed by atoms with Crippen LogP contribution in [0.2, 0.25) is 0 Å². The molecule has 0 aliphatic rings. The molecule has 21 heavy (non-hydrogen) atoms. The van der Waals surface area contributed by atoms with Gasteiger partial charge in [0, 0.05) is 0 Å². The van der Waals surface area contributed by atoms with Crippen LogP contribution in [0.25, 0.3) is 0 Å². The molecule has 0 fully saturated rings. The van der Waals surface area contributed by atoms with Crippen LogP contribution in [0.4, 0.5) is 10.1 Å². The Labute approximate surface area is 125 Å². The average molecular weight is 287 g/mol. The maximum absolute atomic E-state index is 13.9. The summed E-state index contributed by atoms with van der Waals surface area (Å²) in [4.78, 5) is 0. The maximum Gasteiger partial charge on any atom is 0.146 e. The first-order valence-electron chi connectivity index (χ1n) is 7.38. The summed E-state index contributed by atoms with van der Waals surface area (Å²) < 4.78 is 13.9. The van der Waals surface area contributed by atoms with Crippen molar-refractivity contribution >= 4 is 5.69 Å². The van der Waals surface area contributed by atoms with Gasteiger partial charge in [0.2, 0.25) is 0 Å². The molecule has 2 N–H and O–H groups in total. The number of aliphatic hydroxyl groups excluding tert-OH is 1. The quantitative estimate of drug-likeness (QED) is 0.838. The molecule has 1 atom stereocenters. The molecule has 0 heterocycles. The van der Waals surface area contributed by atoms with Crippen LogP contribution in [0, 0.1) is 5.82 Å². The molecule has 2 nitrogen and oxygen atoms in total. The highest BCUT2D eigenvalue weighted by molar-refractivity contribution is 5.49. The second-order valence-electron chi connectivity index (χ2n) is 5.25. The van der Waals surface area contributed by atoms with Gasteiger partial charge in [0.25, 0.3) is 0 Å². The number of benzene rings is 2. The molecule has 0 amide bonds. The van der Waals surface area contributed by atoms with Gasteiger partial charge in [-0.1, -0.05) is 50.2 Å². The third-order valence-corrected chi connectivity index (χ3v) is 4.04. The first-order chi connectivity index (χ1) is 10.1. The van der Waals surface area contributed by atoms with Gasteiger partial charge in [-0.25, -0.2) is 4.39 Å². The zero-order valence-corrected chi connectivity index (χ0v) is 12.6. The minimum absolute atomic E-state index is 0.0939. The van der Waals surface area contributed by atoms with E-state index in [0.717, 1.165) is 12.0 Å². The van der Waals surface area contributed by atoms with Gasteiger partial charge in [0.1, 0.15) is 5.82 Å². The van der Waals surface area contributed by atoms with Crippen molar-refractivity contribution < 1.29 is 9.50 Å². The summed E-state index contributed by atoms with van der Waals surface area (Å²) in [5.41, 5.74) is 1.95. The Bertz CT molecular complexity index is 576. The summed E-state index contributed by atoms with van der Waals surface area (Å²) in [5, 5.41) is 13.1. The third kappa shape index (κ3) is 3.24. The molecular weight excluding hydrogens is 265 g/mol. The minimum atomic E-state index is -0.672. The predicted octanol–water partition coefficient (Wildman–Crippen LogP) is 4.10. The minimum Gasteiger partial charge on any atom is -0.394 e. The molecule has 0 saturated carbocycles. The first kappa shape index (κ1) is 15.5. The van der Waals surface area contributed by atoms with Crippen LogP contribution in [0.5, 0.6) is 0 Å². The van der Waals surface area contributed by atoms with E-state index < -0.39 is 5.54 Å². The lowest BCUT2D eigenvalue weighted by Gasteiger charge is -2.34. The summed E-state index contributed by atoms with van der Waals surface area (Å²) in [6.45, 7) is 3.99. The van der Waals surface area contributed by atoms with Crippen LogP contribution in [0.15, 0.2) is 48.5 Å². The van der Waals surface area contributed by atoms with E-state index in [1.165, 1.54) is 11.6 Å². The third-order valence-electron chi connectivity index (χ3n) is 4.04. The standard InChI is InChI=1S/C18H22FNO/c1-3-14-9-11-15(12-10-14)18(4-2,13-21)20-17-8-6-5-7-16(17)19/h5-12,20-21H,3-4,13H2,1-2H3. The Morgan fingerprint density at radius 1 is 1.05 bits per heavy atom. The van der Waals surface area contributed by atoms with Crippen LogP contribution in [0.3, 0.4) is 0 Å². The Hall–Kier alpha value is -1.87. The van der Waals surface area contributed by atoms with Crippen molar-refractivity contribution in [2.24, 2.45) is 0 Å². The highest BCUT2D eigenvalue weighted by Gasteiger charge is 2.30. The van der Waals surface area contributed by atoms with E-state index in [2.05, 4.69) is 24.4 Å².